The molecule has 1 aliphatic rings. The molecule has 2 aromatic rings. The maximum Gasteiger partial charge on any atom is 0.257 e. The Kier molecular flexibility index (Phi) is 7.62. The number of thioether (sulfide) groups is 1. The van der Waals surface area contributed by atoms with E-state index in [-0.39, 0.29) is 18.3 Å². The molecular formula is C19H23ClN2O2S. The molecule has 0 bridgehead atoms. The average Bonchev–Trinajstić information content (AvgIpc) is 2.61. The second-order valence-electron chi connectivity index (χ2n) is 5.86. The lowest BCUT2D eigenvalue weighted by molar-refractivity contribution is 0.1000. The van der Waals surface area contributed by atoms with Crippen LogP contribution in [0.4, 0.5) is 11.4 Å². The Hall–Kier alpha value is -1.69. The van der Waals surface area contributed by atoms with Crippen LogP contribution >= 0.6 is 24.2 Å². The number of para-hydroxylation sites is 1. The number of carbonyl (C=O) groups excluding carboxylic acids is 1. The van der Waals surface area contributed by atoms with Crippen molar-refractivity contribution >= 4 is 41.5 Å². The molecule has 134 valence electrons. The molecule has 4 nitrogen and oxygen atoms in total. The minimum Gasteiger partial charge on any atom is -0.398 e. The van der Waals surface area contributed by atoms with Crippen LogP contribution in [0, 0.1) is 0 Å². The van der Waals surface area contributed by atoms with Crippen LogP contribution in [0.3, 0.4) is 0 Å². The normalized spacial score (nSPS) is 14.6. The van der Waals surface area contributed by atoms with Gasteiger partial charge in [-0.15, -0.1) is 12.4 Å². The second kappa shape index (κ2) is 9.70. The summed E-state index contributed by atoms with van der Waals surface area (Å²) in [6.07, 6.45) is 2.24. The van der Waals surface area contributed by atoms with E-state index in [1.165, 1.54) is 5.56 Å². The van der Waals surface area contributed by atoms with E-state index >= 15 is 0 Å². The summed E-state index contributed by atoms with van der Waals surface area (Å²) >= 11 is 1.96. The van der Waals surface area contributed by atoms with Crippen molar-refractivity contribution in [3.63, 3.8) is 0 Å². The standard InChI is InChI=1S/C19H22N2O2S.ClH/c20-18-7-2-1-6-17(18)19(22)21-15-5-3-4-14(12-15)13-24-16-8-10-23-11-9-16;/h1-7,12,16H,8-11,13,20H2,(H,21,22);1H. The zero-order valence-corrected chi connectivity index (χ0v) is 15.6. The number of hydrogen-bond acceptors (Lipinski definition) is 4. The van der Waals surface area contributed by atoms with E-state index in [1.54, 1.807) is 12.1 Å². The minimum absolute atomic E-state index is 0. The first-order chi connectivity index (χ1) is 11.7. The van der Waals surface area contributed by atoms with Gasteiger partial charge in [0.05, 0.1) is 5.56 Å². The van der Waals surface area contributed by atoms with Gasteiger partial charge >= 0.3 is 0 Å². The number of amides is 1. The van der Waals surface area contributed by atoms with Gasteiger partial charge in [-0.05, 0) is 42.7 Å². The van der Waals surface area contributed by atoms with Crippen molar-refractivity contribution in [2.24, 2.45) is 0 Å². The van der Waals surface area contributed by atoms with Gasteiger partial charge in [-0.2, -0.15) is 11.8 Å². The molecule has 0 radical (unpaired) electrons. The fraction of sp³-hybridized carbons (Fsp3) is 0.316. The van der Waals surface area contributed by atoms with Crippen LogP contribution < -0.4 is 11.1 Å². The van der Waals surface area contributed by atoms with Gasteiger partial charge in [0.25, 0.3) is 5.91 Å². The molecule has 1 fully saturated rings. The summed E-state index contributed by atoms with van der Waals surface area (Å²) < 4.78 is 5.40. The first-order valence-corrected chi connectivity index (χ1v) is 9.21. The zero-order chi connectivity index (χ0) is 16.8. The van der Waals surface area contributed by atoms with Crippen LogP contribution in [-0.2, 0) is 10.5 Å². The van der Waals surface area contributed by atoms with Gasteiger partial charge in [0.15, 0.2) is 0 Å². The number of nitrogens with one attached hydrogen (secondary N) is 1. The number of nitrogens with two attached hydrogens (primary N) is 1. The van der Waals surface area contributed by atoms with Crippen molar-refractivity contribution in [3.8, 4) is 0 Å². The molecule has 1 amide bonds. The smallest absolute Gasteiger partial charge is 0.257 e. The molecule has 0 unspecified atom stereocenters. The van der Waals surface area contributed by atoms with Crippen LogP contribution in [-0.4, -0.2) is 24.4 Å². The van der Waals surface area contributed by atoms with Crippen molar-refractivity contribution in [1.82, 2.24) is 0 Å². The molecule has 0 saturated carbocycles. The molecule has 3 N–H and O–H groups in total. The highest BCUT2D eigenvalue weighted by molar-refractivity contribution is 7.99. The second-order valence-corrected chi connectivity index (χ2v) is 7.15. The third-order valence-corrected chi connectivity index (χ3v) is 5.49. The van der Waals surface area contributed by atoms with Crippen LogP contribution in [0.25, 0.3) is 0 Å². The fourth-order valence-corrected chi connectivity index (χ4v) is 3.83. The van der Waals surface area contributed by atoms with E-state index in [2.05, 4.69) is 11.4 Å². The third-order valence-electron chi connectivity index (χ3n) is 4.04. The molecule has 25 heavy (non-hydrogen) atoms. The zero-order valence-electron chi connectivity index (χ0n) is 13.9. The molecular weight excluding hydrogens is 356 g/mol. The highest BCUT2D eigenvalue weighted by atomic mass is 35.5. The summed E-state index contributed by atoms with van der Waals surface area (Å²) in [5.74, 6) is 0.768. The molecule has 1 aliphatic heterocycles. The topological polar surface area (TPSA) is 64.4 Å². The van der Waals surface area contributed by atoms with E-state index in [1.807, 2.05) is 42.1 Å². The Morgan fingerprint density at radius 2 is 1.92 bits per heavy atom. The Morgan fingerprint density at radius 1 is 1.16 bits per heavy atom. The van der Waals surface area contributed by atoms with Crippen LogP contribution in [0.5, 0.6) is 0 Å². The van der Waals surface area contributed by atoms with Crippen molar-refractivity contribution in [3.05, 3.63) is 59.7 Å². The predicted octanol–water partition coefficient (Wildman–Crippen LogP) is 4.36. The molecule has 2 aromatic carbocycles. The quantitative estimate of drug-likeness (QED) is 0.759. The minimum atomic E-state index is -0.178. The summed E-state index contributed by atoms with van der Waals surface area (Å²) in [5, 5.41) is 3.60. The number of nitrogen functional groups attached to an aromatic ring is 1. The fourth-order valence-electron chi connectivity index (χ4n) is 2.70. The van der Waals surface area contributed by atoms with Gasteiger partial charge in [0.1, 0.15) is 0 Å². The van der Waals surface area contributed by atoms with Gasteiger partial charge in [-0.1, -0.05) is 24.3 Å². The first-order valence-electron chi connectivity index (χ1n) is 8.16. The molecule has 0 aliphatic carbocycles. The summed E-state index contributed by atoms with van der Waals surface area (Å²) in [6, 6.07) is 15.1. The van der Waals surface area contributed by atoms with Crippen molar-refractivity contribution in [2.45, 2.75) is 23.8 Å². The number of anilines is 2. The first kappa shape index (κ1) is 19.6. The van der Waals surface area contributed by atoms with E-state index in [0.29, 0.717) is 16.5 Å². The third kappa shape index (κ3) is 5.66. The number of rotatable bonds is 5. The maximum atomic E-state index is 12.3. The van der Waals surface area contributed by atoms with E-state index < -0.39 is 0 Å². The van der Waals surface area contributed by atoms with Gasteiger partial charge in [-0.3, -0.25) is 4.79 Å². The Morgan fingerprint density at radius 3 is 2.68 bits per heavy atom. The molecule has 1 saturated heterocycles. The number of halogens is 1. The van der Waals surface area contributed by atoms with E-state index in [9.17, 15) is 4.79 Å². The lowest BCUT2D eigenvalue weighted by Crippen LogP contribution is -2.17. The monoisotopic (exact) mass is 378 g/mol. The largest absolute Gasteiger partial charge is 0.398 e. The Labute approximate surface area is 158 Å². The van der Waals surface area contributed by atoms with E-state index in [0.717, 1.165) is 37.5 Å². The van der Waals surface area contributed by atoms with Crippen LogP contribution in [0.1, 0.15) is 28.8 Å². The molecule has 0 spiro atoms. The lowest BCUT2D eigenvalue weighted by atomic mass is 10.1. The number of benzene rings is 2. The highest BCUT2D eigenvalue weighted by Gasteiger charge is 2.14. The van der Waals surface area contributed by atoms with Gasteiger partial charge in [0, 0.05) is 35.6 Å². The SMILES string of the molecule is Cl.Nc1ccccc1C(=O)Nc1cccc(CSC2CCOCC2)c1. The molecule has 0 atom stereocenters. The number of ether oxygens (including phenoxy) is 1. The Balaban J connectivity index is 0.00000225. The van der Waals surface area contributed by atoms with Gasteiger partial charge in [0.2, 0.25) is 0 Å². The molecule has 6 heteroatoms. The predicted molar refractivity (Wildman–Crippen MR) is 108 cm³/mol. The van der Waals surface area contributed by atoms with Crippen molar-refractivity contribution in [2.75, 3.05) is 24.3 Å². The number of hydrogen-bond donors (Lipinski definition) is 2. The van der Waals surface area contributed by atoms with Crippen LogP contribution in [0.15, 0.2) is 48.5 Å². The lowest BCUT2D eigenvalue weighted by Gasteiger charge is -2.21. The molecule has 0 aromatic heterocycles. The Bertz CT molecular complexity index is 705. The van der Waals surface area contributed by atoms with Crippen molar-refractivity contribution in [1.29, 1.82) is 0 Å². The number of carbonyl (C=O) groups is 1. The van der Waals surface area contributed by atoms with Gasteiger partial charge < -0.3 is 15.8 Å². The average molecular weight is 379 g/mol. The van der Waals surface area contributed by atoms with E-state index in [4.69, 9.17) is 10.5 Å². The summed E-state index contributed by atoms with van der Waals surface area (Å²) in [4.78, 5) is 12.3. The molecule has 1 heterocycles. The maximum absolute atomic E-state index is 12.3. The summed E-state index contributed by atoms with van der Waals surface area (Å²) in [5.41, 5.74) is 8.86. The van der Waals surface area contributed by atoms with Gasteiger partial charge in [-0.25, -0.2) is 0 Å². The van der Waals surface area contributed by atoms with Crippen molar-refractivity contribution < 1.29 is 9.53 Å². The van der Waals surface area contributed by atoms with Crippen LogP contribution in [0.2, 0.25) is 0 Å². The summed E-state index contributed by atoms with van der Waals surface area (Å²) in [6.45, 7) is 1.73. The highest BCUT2D eigenvalue weighted by Crippen LogP contribution is 2.26. The summed E-state index contributed by atoms with van der Waals surface area (Å²) in [7, 11) is 0. The molecule has 3 rings (SSSR count).